The van der Waals surface area contributed by atoms with E-state index < -0.39 is 5.97 Å². The molecular formula is C24H25N3O2S. The van der Waals surface area contributed by atoms with Crippen LogP contribution in [0.3, 0.4) is 0 Å². The van der Waals surface area contributed by atoms with Crippen molar-refractivity contribution in [2.24, 2.45) is 5.92 Å². The summed E-state index contributed by atoms with van der Waals surface area (Å²) in [6, 6.07) is 10.4. The molecule has 3 aromatic heterocycles. The van der Waals surface area contributed by atoms with Crippen molar-refractivity contribution in [2.75, 3.05) is 6.61 Å². The van der Waals surface area contributed by atoms with Crippen molar-refractivity contribution in [3.05, 3.63) is 65.2 Å². The number of nitrogens with zero attached hydrogens (tertiary/aromatic N) is 3. The number of benzene rings is 1. The van der Waals surface area contributed by atoms with Gasteiger partial charge >= 0.3 is 5.97 Å². The minimum atomic E-state index is -0.407. The monoisotopic (exact) mass is 419 g/mol. The Morgan fingerprint density at radius 1 is 1.20 bits per heavy atom. The van der Waals surface area contributed by atoms with Gasteiger partial charge in [-0.1, -0.05) is 38.1 Å². The van der Waals surface area contributed by atoms with E-state index in [1.807, 2.05) is 28.9 Å². The van der Waals surface area contributed by atoms with Gasteiger partial charge in [0.25, 0.3) is 0 Å². The summed E-state index contributed by atoms with van der Waals surface area (Å²) in [6.45, 7) is 8.60. The van der Waals surface area contributed by atoms with E-state index >= 15 is 0 Å². The second kappa shape index (κ2) is 8.40. The third-order valence-electron chi connectivity index (χ3n) is 4.89. The molecule has 0 fully saturated rings. The molecular weight excluding hydrogens is 394 g/mol. The van der Waals surface area contributed by atoms with Crippen LogP contribution < -0.4 is 0 Å². The maximum atomic E-state index is 12.3. The van der Waals surface area contributed by atoms with E-state index in [9.17, 15) is 4.79 Å². The number of aromatic nitrogens is 3. The van der Waals surface area contributed by atoms with Crippen LogP contribution in [0.4, 0.5) is 0 Å². The molecule has 0 unspecified atom stereocenters. The molecule has 6 heteroatoms. The highest BCUT2D eigenvalue weighted by molar-refractivity contribution is 7.15. The Morgan fingerprint density at radius 2 is 2.00 bits per heavy atom. The van der Waals surface area contributed by atoms with E-state index in [2.05, 4.69) is 48.9 Å². The van der Waals surface area contributed by atoms with E-state index in [0.29, 0.717) is 18.2 Å². The molecule has 3 heterocycles. The third kappa shape index (κ3) is 4.00. The number of esters is 1. The van der Waals surface area contributed by atoms with Gasteiger partial charge in [0.2, 0.25) is 0 Å². The van der Waals surface area contributed by atoms with Gasteiger partial charge in [-0.05, 0) is 37.0 Å². The summed E-state index contributed by atoms with van der Waals surface area (Å²) >= 11 is 1.72. The van der Waals surface area contributed by atoms with Crippen LogP contribution in [-0.4, -0.2) is 26.9 Å². The predicted molar refractivity (Wildman–Crippen MR) is 121 cm³/mol. The molecule has 0 aliphatic heterocycles. The first kappa shape index (κ1) is 20.3. The van der Waals surface area contributed by atoms with Crippen molar-refractivity contribution >= 4 is 23.0 Å². The maximum Gasteiger partial charge on any atom is 0.358 e. The van der Waals surface area contributed by atoms with Crippen molar-refractivity contribution < 1.29 is 9.53 Å². The van der Waals surface area contributed by atoms with E-state index in [1.54, 1.807) is 24.5 Å². The predicted octanol–water partition coefficient (Wildman–Crippen LogP) is 5.81. The third-order valence-corrected chi connectivity index (χ3v) is 5.96. The SMILES string of the molecule is CCOC(=O)c1cn2cc(-c3cnc(CC(C)C)s3)cc(-c3ccccc3C)c2n1. The van der Waals surface area contributed by atoms with Gasteiger partial charge in [-0.2, -0.15) is 0 Å². The number of imidazole rings is 1. The molecule has 0 aliphatic rings. The Kier molecular flexibility index (Phi) is 5.68. The lowest BCUT2D eigenvalue weighted by Crippen LogP contribution is -2.04. The second-order valence-electron chi connectivity index (χ2n) is 7.75. The first-order chi connectivity index (χ1) is 14.5. The average molecular weight is 420 g/mol. The molecule has 4 aromatic rings. The molecule has 0 atom stereocenters. The van der Waals surface area contributed by atoms with Crippen LogP contribution in [-0.2, 0) is 11.2 Å². The molecule has 0 radical (unpaired) electrons. The molecule has 1 aromatic carbocycles. The van der Waals surface area contributed by atoms with Crippen LogP contribution in [0.5, 0.6) is 0 Å². The maximum absolute atomic E-state index is 12.3. The van der Waals surface area contributed by atoms with Crippen LogP contribution in [0.15, 0.2) is 48.9 Å². The van der Waals surface area contributed by atoms with Gasteiger partial charge in [0.1, 0.15) is 5.65 Å². The molecule has 0 spiro atoms. The number of carbonyl (C=O) groups is 1. The molecule has 30 heavy (non-hydrogen) atoms. The van der Waals surface area contributed by atoms with Gasteiger partial charge in [0, 0.05) is 36.1 Å². The van der Waals surface area contributed by atoms with Crippen molar-refractivity contribution in [3.63, 3.8) is 0 Å². The van der Waals surface area contributed by atoms with Gasteiger partial charge in [0.15, 0.2) is 5.69 Å². The quantitative estimate of drug-likeness (QED) is 0.370. The summed E-state index contributed by atoms with van der Waals surface area (Å²) in [4.78, 5) is 22.6. The normalized spacial score (nSPS) is 11.4. The van der Waals surface area contributed by atoms with E-state index in [-0.39, 0.29) is 0 Å². The molecule has 154 valence electrons. The van der Waals surface area contributed by atoms with Gasteiger partial charge in [-0.15, -0.1) is 11.3 Å². The Hall–Kier alpha value is -2.99. The minimum absolute atomic E-state index is 0.314. The molecule has 0 aliphatic carbocycles. The number of thiazole rings is 1. The number of ether oxygens (including phenoxy) is 1. The van der Waals surface area contributed by atoms with E-state index in [4.69, 9.17) is 4.74 Å². The van der Waals surface area contributed by atoms with Gasteiger partial charge in [-0.25, -0.2) is 14.8 Å². The van der Waals surface area contributed by atoms with Gasteiger partial charge < -0.3 is 9.14 Å². The average Bonchev–Trinajstić information content (AvgIpc) is 3.34. The highest BCUT2D eigenvalue weighted by atomic mass is 32.1. The summed E-state index contributed by atoms with van der Waals surface area (Å²) in [7, 11) is 0. The van der Waals surface area contributed by atoms with Crippen molar-refractivity contribution in [3.8, 4) is 21.6 Å². The largest absolute Gasteiger partial charge is 0.461 e. The minimum Gasteiger partial charge on any atom is -0.461 e. The summed E-state index contributed by atoms with van der Waals surface area (Å²) in [6.07, 6.45) is 6.66. The van der Waals surface area contributed by atoms with Crippen molar-refractivity contribution in [1.29, 1.82) is 0 Å². The molecule has 0 N–H and O–H groups in total. The summed E-state index contributed by atoms with van der Waals surface area (Å²) in [5.41, 5.74) is 5.34. The fourth-order valence-corrected chi connectivity index (χ4v) is 4.61. The lowest BCUT2D eigenvalue weighted by Gasteiger charge is -2.10. The van der Waals surface area contributed by atoms with Crippen molar-refractivity contribution in [1.82, 2.24) is 14.4 Å². The summed E-state index contributed by atoms with van der Waals surface area (Å²) in [5, 5.41) is 1.13. The van der Waals surface area contributed by atoms with Crippen LogP contribution in [0.1, 0.15) is 41.8 Å². The molecule has 0 saturated carbocycles. The fraction of sp³-hybridized carbons (Fsp3) is 0.292. The number of fused-ring (bicyclic) bond motifs is 1. The van der Waals surface area contributed by atoms with E-state index in [0.717, 1.165) is 44.2 Å². The number of hydrogen-bond acceptors (Lipinski definition) is 5. The van der Waals surface area contributed by atoms with Crippen LogP contribution in [0.2, 0.25) is 0 Å². The highest BCUT2D eigenvalue weighted by Gasteiger charge is 2.18. The van der Waals surface area contributed by atoms with Crippen LogP contribution in [0.25, 0.3) is 27.2 Å². The number of rotatable bonds is 6. The fourth-order valence-electron chi connectivity index (χ4n) is 3.50. The molecule has 0 saturated heterocycles. The zero-order chi connectivity index (χ0) is 21.3. The molecule has 5 nitrogen and oxygen atoms in total. The second-order valence-corrected chi connectivity index (χ2v) is 8.87. The van der Waals surface area contributed by atoms with Gasteiger partial charge in [-0.3, -0.25) is 0 Å². The van der Waals surface area contributed by atoms with Crippen molar-refractivity contribution in [2.45, 2.75) is 34.1 Å². The highest BCUT2D eigenvalue weighted by Crippen LogP contribution is 2.34. The Bertz CT molecular complexity index is 1210. The Morgan fingerprint density at radius 3 is 2.73 bits per heavy atom. The summed E-state index contributed by atoms with van der Waals surface area (Å²) < 4.78 is 7.08. The van der Waals surface area contributed by atoms with E-state index in [1.165, 1.54) is 0 Å². The topological polar surface area (TPSA) is 56.5 Å². The zero-order valence-corrected chi connectivity index (χ0v) is 18.5. The van der Waals surface area contributed by atoms with Gasteiger partial charge in [0.05, 0.1) is 16.5 Å². The first-order valence-electron chi connectivity index (χ1n) is 10.2. The first-order valence-corrected chi connectivity index (χ1v) is 11.0. The summed E-state index contributed by atoms with van der Waals surface area (Å²) in [5.74, 6) is 0.158. The lowest BCUT2D eigenvalue weighted by atomic mass is 10.00. The number of aryl methyl sites for hydroxylation is 1. The Balaban J connectivity index is 1.89. The standard InChI is InChI=1S/C24H25N3O2S/c1-5-29-24(28)20-14-27-13-17(21-12-25-22(30-21)10-15(2)3)11-19(23(27)26-20)18-9-7-6-8-16(18)4/h6-9,11-15H,5,10H2,1-4H3. The lowest BCUT2D eigenvalue weighted by molar-refractivity contribution is 0.0520. The molecule has 0 bridgehead atoms. The Labute approximate surface area is 180 Å². The van der Waals surface area contributed by atoms with Crippen LogP contribution >= 0.6 is 11.3 Å². The van der Waals surface area contributed by atoms with Crippen LogP contribution in [0, 0.1) is 12.8 Å². The zero-order valence-electron chi connectivity index (χ0n) is 17.7. The smallest absolute Gasteiger partial charge is 0.358 e. The molecule has 4 rings (SSSR count). The number of pyridine rings is 1. The number of hydrogen-bond donors (Lipinski definition) is 0. The number of carbonyl (C=O) groups excluding carboxylic acids is 1. The molecule has 0 amide bonds.